The van der Waals surface area contributed by atoms with Gasteiger partial charge in [0.15, 0.2) is 0 Å². The molecule has 0 rings (SSSR count). The zero-order chi connectivity index (χ0) is 32.6. The van der Waals surface area contributed by atoms with Crippen LogP contribution in [0.15, 0.2) is 24.3 Å². The molecule has 0 aromatic heterocycles. The predicted molar refractivity (Wildman–Crippen MR) is 200 cm³/mol. The minimum Gasteiger partial charge on any atom is -0.396 e. The molecule has 0 aliphatic heterocycles. The number of aliphatic hydroxyl groups is 1. The van der Waals surface area contributed by atoms with Gasteiger partial charge in [-0.3, -0.25) is 0 Å². The molecule has 3 nitrogen and oxygen atoms in total. The van der Waals surface area contributed by atoms with E-state index in [-0.39, 0.29) is 12.7 Å². The van der Waals surface area contributed by atoms with Crippen LogP contribution in [-0.4, -0.2) is 37.6 Å². The number of hydrogen-bond donors (Lipinski definition) is 1. The average Bonchev–Trinajstić information content (AvgIpc) is 3.05. The van der Waals surface area contributed by atoms with Crippen LogP contribution in [-0.2, 0) is 9.47 Å². The van der Waals surface area contributed by atoms with Crippen LogP contribution in [0.1, 0.15) is 213 Å². The van der Waals surface area contributed by atoms with Crippen LogP contribution in [0.4, 0.5) is 0 Å². The molecule has 0 amide bonds. The molecule has 0 aliphatic rings. The molecule has 0 heterocycles. The zero-order valence-electron chi connectivity index (χ0n) is 30.9. The molecule has 0 aromatic carbocycles. The van der Waals surface area contributed by atoms with Crippen LogP contribution < -0.4 is 0 Å². The highest BCUT2D eigenvalue weighted by molar-refractivity contribution is 4.82. The number of aliphatic hydroxyl groups excluding tert-OH is 1. The van der Waals surface area contributed by atoms with Gasteiger partial charge in [0.1, 0.15) is 0 Å². The van der Waals surface area contributed by atoms with Gasteiger partial charge in [-0.05, 0) is 83.5 Å². The molecule has 1 unspecified atom stereocenters. The summed E-state index contributed by atoms with van der Waals surface area (Å²) in [5.74, 6) is 0. The van der Waals surface area contributed by atoms with E-state index in [0.717, 1.165) is 45.3 Å². The van der Waals surface area contributed by atoms with Crippen molar-refractivity contribution in [2.45, 2.75) is 219 Å². The summed E-state index contributed by atoms with van der Waals surface area (Å²) in [5.41, 5.74) is 0. The summed E-state index contributed by atoms with van der Waals surface area (Å²) < 4.78 is 12.2. The van der Waals surface area contributed by atoms with Gasteiger partial charge in [0.05, 0.1) is 12.7 Å². The summed E-state index contributed by atoms with van der Waals surface area (Å²) >= 11 is 0. The van der Waals surface area contributed by atoms with Crippen LogP contribution in [0.3, 0.4) is 0 Å². The van der Waals surface area contributed by atoms with Gasteiger partial charge in [-0.25, -0.2) is 0 Å². The van der Waals surface area contributed by atoms with E-state index < -0.39 is 0 Å². The highest BCUT2D eigenvalue weighted by atomic mass is 16.5. The molecule has 45 heavy (non-hydrogen) atoms. The van der Waals surface area contributed by atoms with Crippen LogP contribution in [0.25, 0.3) is 0 Å². The molecular formula is C42H82O3. The Labute approximate surface area is 283 Å². The Morgan fingerprint density at radius 1 is 0.422 bits per heavy atom. The lowest BCUT2D eigenvalue weighted by Gasteiger charge is -2.18. The fourth-order valence-electron chi connectivity index (χ4n) is 5.96. The summed E-state index contributed by atoms with van der Waals surface area (Å²) in [6.45, 7) is 7.27. The summed E-state index contributed by atoms with van der Waals surface area (Å²) in [7, 11) is 0. The van der Waals surface area contributed by atoms with Gasteiger partial charge >= 0.3 is 0 Å². The van der Waals surface area contributed by atoms with E-state index in [1.165, 1.54) is 167 Å². The number of allylic oxidation sites excluding steroid dienone is 4. The lowest BCUT2D eigenvalue weighted by atomic mass is 10.1. The van der Waals surface area contributed by atoms with Crippen molar-refractivity contribution in [1.29, 1.82) is 0 Å². The maximum absolute atomic E-state index is 9.17. The van der Waals surface area contributed by atoms with Crippen molar-refractivity contribution in [3.8, 4) is 0 Å². The molecule has 0 aliphatic carbocycles. The molecule has 3 heteroatoms. The molecule has 1 N–H and O–H groups in total. The highest BCUT2D eigenvalue weighted by Gasteiger charge is 2.09. The van der Waals surface area contributed by atoms with E-state index in [2.05, 4.69) is 38.2 Å². The van der Waals surface area contributed by atoms with Crippen molar-refractivity contribution >= 4 is 0 Å². The minimum atomic E-state index is 0.189. The number of rotatable bonds is 39. The second kappa shape index (κ2) is 41.4. The molecule has 1 atom stereocenters. The fourth-order valence-corrected chi connectivity index (χ4v) is 5.96. The first-order valence-corrected chi connectivity index (χ1v) is 20.4. The highest BCUT2D eigenvalue weighted by Crippen LogP contribution is 2.13. The molecular weight excluding hydrogens is 552 g/mol. The second-order valence-electron chi connectivity index (χ2n) is 13.7. The number of unbranched alkanes of at least 4 members (excludes halogenated alkanes) is 25. The third-order valence-corrected chi connectivity index (χ3v) is 9.05. The fraction of sp³-hybridized carbons (Fsp3) is 0.905. The topological polar surface area (TPSA) is 38.7 Å². The molecule has 0 saturated carbocycles. The SMILES string of the molecule is CCCCCCCC/C=C\CCCCCCCCOCC(CCCCO)OCCCCCCCC/C=C\CCCCCCCC. The van der Waals surface area contributed by atoms with Gasteiger partial charge in [-0.2, -0.15) is 0 Å². The minimum absolute atomic E-state index is 0.189. The molecule has 0 radical (unpaired) electrons. The van der Waals surface area contributed by atoms with Crippen molar-refractivity contribution in [3.63, 3.8) is 0 Å². The summed E-state index contributed by atoms with van der Waals surface area (Å²) in [4.78, 5) is 0. The van der Waals surface area contributed by atoms with Crippen LogP contribution in [0.2, 0.25) is 0 Å². The lowest BCUT2D eigenvalue weighted by Crippen LogP contribution is -2.21. The van der Waals surface area contributed by atoms with Crippen molar-refractivity contribution in [1.82, 2.24) is 0 Å². The first-order valence-electron chi connectivity index (χ1n) is 20.4. The van der Waals surface area contributed by atoms with Crippen molar-refractivity contribution < 1.29 is 14.6 Å². The first kappa shape index (κ1) is 44.4. The Balaban J connectivity index is 3.59. The first-order chi connectivity index (χ1) is 22.3. The van der Waals surface area contributed by atoms with E-state index in [0.29, 0.717) is 6.61 Å². The quantitative estimate of drug-likeness (QED) is 0.0540. The van der Waals surface area contributed by atoms with Gasteiger partial charge in [0, 0.05) is 19.8 Å². The van der Waals surface area contributed by atoms with Crippen molar-refractivity contribution in [3.05, 3.63) is 24.3 Å². The Kier molecular flexibility index (Phi) is 40.8. The average molecular weight is 635 g/mol. The zero-order valence-corrected chi connectivity index (χ0v) is 30.9. The standard InChI is InChI=1S/C42H82O3/c1-3-5-7-9-11-13-15-17-19-21-23-25-27-29-31-35-39-44-41-42(37-33-34-38-43)45-40-36-32-30-28-26-24-22-20-18-16-14-12-10-8-6-4-2/h17-20,42-43H,3-16,21-41H2,1-2H3/b19-17-,20-18-. The van der Waals surface area contributed by atoms with Crippen LogP contribution in [0.5, 0.6) is 0 Å². The molecule has 0 bridgehead atoms. The monoisotopic (exact) mass is 635 g/mol. The van der Waals surface area contributed by atoms with Gasteiger partial charge < -0.3 is 14.6 Å². The van der Waals surface area contributed by atoms with E-state index in [4.69, 9.17) is 9.47 Å². The largest absolute Gasteiger partial charge is 0.396 e. The van der Waals surface area contributed by atoms with E-state index in [1.807, 2.05) is 0 Å². The third kappa shape index (κ3) is 39.5. The van der Waals surface area contributed by atoms with E-state index in [1.54, 1.807) is 0 Å². The maximum atomic E-state index is 9.17. The molecule has 0 spiro atoms. The van der Waals surface area contributed by atoms with Gasteiger partial charge in [0.25, 0.3) is 0 Å². The second-order valence-corrected chi connectivity index (χ2v) is 13.7. The van der Waals surface area contributed by atoms with Crippen molar-refractivity contribution in [2.24, 2.45) is 0 Å². The summed E-state index contributed by atoms with van der Waals surface area (Å²) in [5, 5.41) is 9.17. The Bertz CT molecular complexity index is 572. The number of hydrogen-bond acceptors (Lipinski definition) is 3. The van der Waals surface area contributed by atoms with Gasteiger partial charge in [0.2, 0.25) is 0 Å². The smallest absolute Gasteiger partial charge is 0.0808 e. The van der Waals surface area contributed by atoms with E-state index in [9.17, 15) is 5.11 Å². The molecule has 0 saturated heterocycles. The predicted octanol–water partition coefficient (Wildman–Crippen LogP) is 13.6. The normalized spacial score (nSPS) is 12.7. The van der Waals surface area contributed by atoms with Crippen LogP contribution >= 0.6 is 0 Å². The van der Waals surface area contributed by atoms with Crippen molar-refractivity contribution in [2.75, 3.05) is 26.4 Å². The Morgan fingerprint density at radius 3 is 1.22 bits per heavy atom. The van der Waals surface area contributed by atoms with E-state index >= 15 is 0 Å². The maximum Gasteiger partial charge on any atom is 0.0808 e. The van der Waals surface area contributed by atoms with Gasteiger partial charge in [-0.1, -0.05) is 154 Å². The molecule has 0 aromatic rings. The van der Waals surface area contributed by atoms with Gasteiger partial charge in [-0.15, -0.1) is 0 Å². The third-order valence-electron chi connectivity index (χ3n) is 9.05. The Hall–Kier alpha value is -0.640. The Morgan fingerprint density at radius 2 is 0.800 bits per heavy atom. The summed E-state index contributed by atoms with van der Waals surface area (Å²) in [6.07, 6.45) is 50.2. The van der Waals surface area contributed by atoms with Crippen LogP contribution in [0, 0.1) is 0 Å². The summed E-state index contributed by atoms with van der Waals surface area (Å²) in [6, 6.07) is 0. The molecule has 268 valence electrons. The number of ether oxygens (including phenoxy) is 2. The lowest BCUT2D eigenvalue weighted by molar-refractivity contribution is -0.0238. The molecule has 0 fully saturated rings.